The van der Waals surface area contributed by atoms with E-state index in [9.17, 15) is 0 Å². The minimum Gasteiger partial charge on any atom is -0.382 e. The minimum absolute atomic E-state index is 0.0311. The second-order valence-electron chi connectivity index (χ2n) is 4.09. The summed E-state index contributed by atoms with van der Waals surface area (Å²) in [6.45, 7) is 2.07. The van der Waals surface area contributed by atoms with E-state index in [-0.39, 0.29) is 6.10 Å². The molecule has 0 bridgehead atoms. The van der Waals surface area contributed by atoms with Crippen molar-refractivity contribution in [2.24, 2.45) is 0 Å². The molecule has 1 fully saturated rings. The SMILES string of the molecule is CC1CCC(c2nc3ncnc(N)c3[nH]2)O1. The Morgan fingerprint density at radius 2 is 2.31 bits per heavy atom. The van der Waals surface area contributed by atoms with Crippen molar-refractivity contribution in [1.29, 1.82) is 0 Å². The molecule has 3 N–H and O–H groups in total. The molecular formula is C10H13N5O. The van der Waals surface area contributed by atoms with Crippen LogP contribution in [-0.2, 0) is 4.74 Å². The second kappa shape index (κ2) is 3.41. The molecule has 16 heavy (non-hydrogen) atoms. The molecule has 1 aliphatic rings. The van der Waals surface area contributed by atoms with Crippen LogP contribution in [0.4, 0.5) is 5.82 Å². The number of imidazole rings is 1. The molecule has 3 heterocycles. The van der Waals surface area contributed by atoms with Crippen LogP contribution in [0.2, 0.25) is 0 Å². The molecule has 6 nitrogen and oxygen atoms in total. The molecule has 1 saturated heterocycles. The van der Waals surface area contributed by atoms with E-state index in [1.165, 1.54) is 6.33 Å². The Bertz CT molecular complexity index is 523. The van der Waals surface area contributed by atoms with E-state index in [1.54, 1.807) is 0 Å². The van der Waals surface area contributed by atoms with Gasteiger partial charge in [-0.1, -0.05) is 0 Å². The van der Waals surface area contributed by atoms with Crippen LogP contribution in [0, 0.1) is 0 Å². The van der Waals surface area contributed by atoms with Crippen molar-refractivity contribution in [2.45, 2.75) is 32.0 Å². The van der Waals surface area contributed by atoms with Crippen LogP contribution >= 0.6 is 0 Å². The summed E-state index contributed by atoms with van der Waals surface area (Å²) < 4.78 is 5.73. The third-order valence-corrected chi connectivity index (χ3v) is 2.87. The maximum absolute atomic E-state index is 5.73. The first kappa shape index (κ1) is 9.53. The third kappa shape index (κ3) is 1.42. The van der Waals surface area contributed by atoms with Crippen molar-refractivity contribution in [2.75, 3.05) is 5.73 Å². The fourth-order valence-electron chi connectivity index (χ4n) is 2.02. The number of rotatable bonds is 1. The van der Waals surface area contributed by atoms with Gasteiger partial charge < -0.3 is 15.5 Å². The van der Waals surface area contributed by atoms with E-state index in [4.69, 9.17) is 10.5 Å². The largest absolute Gasteiger partial charge is 0.382 e. The van der Waals surface area contributed by atoms with E-state index in [2.05, 4.69) is 26.9 Å². The summed E-state index contributed by atoms with van der Waals surface area (Å²) in [7, 11) is 0. The fourth-order valence-corrected chi connectivity index (χ4v) is 2.02. The van der Waals surface area contributed by atoms with Crippen LogP contribution in [0.5, 0.6) is 0 Å². The normalized spacial score (nSPS) is 25.3. The number of nitrogens with two attached hydrogens (primary N) is 1. The molecular weight excluding hydrogens is 206 g/mol. The van der Waals surface area contributed by atoms with E-state index >= 15 is 0 Å². The van der Waals surface area contributed by atoms with E-state index in [0.717, 1.165) is 18.7 Å². The molecule has 2 unspecified atom stereocenters. The number of anilines is 1. The number of nitrogen functional groups attached to an aromatic ring is 1. The van der Waals surface area contributed by atoms with Gasteiger partial charge in [-0.2, -0.15) is 0 Å². The van der Waals surface area contributed by atoms with Gasteiger partial charge in [0.05, 0.1) is 6.10 Å². The van der Waals surface area contributed by atoms with Crippen molar-refractivity contribution in [1.82, 2.24) is 19.9 Å². The van der Waals surface area contributed by atoms with Crippen LogP contribution in [0.3, 0.4) is 0 Å². The lowest BCUT2D eigenvalue weighted by molar-refractivity contribution is 0.0510. The quantitative estimate of drug-likeness (QED) is 0.751. The molecule has 6 heteroatoms. The molecule has 2 aromatic heterocycles. The van der Waals surface area contributed by atoms with Crippen LogP contribution in [0.25, 0.3) is 11.2 Å². The van der Waals surface area contributed by atoms with Crippen LogP contribution in [-0.4, -0.2) is 26.0 Å². The number of aromatic nitrogens is 4. The summed E-state index contributed by atoms with van der Waals surface area (Å²) in [6, 6.07) is 0. The first-order valence-corrected chi connectivity index (χ1v) is 5.35. The number of aromatic amines is 1. The first-order valence-electron chi connectivity index (χ1n) is 5.35. The third-order valence-electron chi connectivity index (χ3n) is 2.87. The highest BCUT2D eigenvalue weighted by atomic mass is 16.5. The Morgan fingerprint density at radius 1 is 1.44 bits per heavy atom. The standard InChI is InChI=1S/C10H13N5O/c1-5-2-3-6(16-5)9-14-7-8(11)12-4-13-10(7)15-9/h4-6H,2-3H2,1H3,(H3,11,12,13,14,15). The number of H-pyrrole nitrogens is 1. The number of fused-ring (bicyclic) bond motifs is 1. The highest BCUT2D eigenvalue weighted by Crippen LogP contribution is 2.31. The van der Waals surface area contributed by atoms with Gasteiger partial charge >= 0.3 is 0 Å². The maximum Gasteiger partial charge on any atom is 0.183 e. The molecule has 2 aromatic rings. The molecule has 0 aromatic carbocycles. The molecule has 0 saturated carbocycles. The van der Waals surface area contributed by atoms with Crippen molar-refractivity contribution >= 4 is 17.0 Å². The molecule has 0 spiro atoms. The summed E-state index contributed by atoms with van der Waals surface area (Å²) in [5, 5.41) is 0. The highest BCUT2D eigenvalue weighted by molar-refractivity contribution is 5.81. The Hall–Kier alpha value is -1.69. The Morgan fingerprint density at radius 3 is 3.00 bits per heavy atom. The molecule has 0 aliphatic carbocycles. The van der Waals surface area contributed by atoms with Gasteiger partial charge in [0, 0.05) is 0 Å². The van der Waals surface area contributed by atoms with E-state index in [1.807, 2.05) is 0 Å². The molecule has 0 radical (unpaired) electrons. The lowest BCUT2D eigenvalue weighted by Gasteiger charge is -2.06. The summed E-state index contributed by atoms with van der Waals surface area (Å²) in [4.78, 5) is 15.5. The smallest absolute Gasteiger partial charge is 0.183 e. The zero-order valence-corrected chi connectivity index (χ0v) is 8.97. The van der Waals surface area contributed by atoms with Crippen LogP contribution < -0.4 is 5.73 Å². The molecule has 84 valence electrons. The molecule has 0 amide bonds. The predicted molar refractivity (Wildman–Crippen MR) is 58.6 cm³/mol. The zero-order chi connectivity index (χ0) is 11.1. The highest BCUT2D eigenvalue weighted by Gasteiger charge is 2.26. The number of hydrogen-bond donors (Lipinski definition) is 2. The Labute approximate surface area is 92.3 Å². The van der Waals surface area contributed by atoms with E-state index in [0.29, 0.717) is 23.1 Å². The van der Waals surface area contributed by atoms with E-state index < -0.39 is 0 Å². The maximum atomic E-state index is 5.73. The topological polar surface area (TPSA) is 89.7 Å². The van der Waals surface area contributed by atoms with Gasteiger partial charge in [0.1, 0.15) is 23.8 Å². The average molecular weight is 219 g/mol. The lowest BCUT2D eigenvalue weighted by atomic mass is 10.2. The van der Waals surface area contributed by atoms with Gasteiger partial charge in [-0.25, -0.2) is 15.0 Å². The van der Waals surface area contributed by atoms with Crippen molar-refractivity contribution < 1.29 is 4.74 Å². The van der Waals surface area contributed by atoms with Gasteiger partial charge in [-0.05, 0) is 19.8 Å². The van der Waals surface area contributed by atoms with Gasteiger partial charge in [-0.15, -0.1) is 0 Å². The number of hydrogen-bond acceptors (Lipinski definition) is 5. The first-order chi connectivity index (χ1) is 7.74. The van der Waals surface area contributed by atoms with Crippen molar-refractivity contribution in [3.05, 3.63) is 12.2 Å². The fraction of sp³-hybridized carbons (Fsp3) is 0.500. The number of ether oxygens (including phenoxy) is 1. The summed E-state index contributed by atoms with van der Waals surface area (Å²) in [5.41, 5.74) is 7.03. The summed E-state index contributed by atoms with van der Waals surface area (Å²) >= 11 is 0. The number of nitrogens with one attached hydrogen (secondary N) is 1. The zero-order valence-electron chi connectivity index (χ0n) is 8.97. The second-order valence-corrected chi connectivity index (χ2v) is 4.09. The Balaban J connectivity index is 2.02. The van der Waals surface area contributed by atoms with Crippen molar-refractivity contribution in [3.8, 4) is 0 Å². The van der Waals surface area contributed by atoms with Gasteiger partial charge in [0.25, 0.3) is 0 Å². The van der Waals surface area contributed by atoms with Gasteiger partial charge in [0.2, 0.25) is 0 Å². The van der Waals surface area contributed by atoms with Crippen LogP contribution in [0.15, 0.2) is 6.33 Å². The number of nitrogens with zero attached hydrogens (tertiary/aromatic N) is 3. The monoisotopic (exact) mass is 219 g/mol. The van der Waals surface area contributed by atoms with Crippen molar-refractivity contribution in [3.63, 3.8) is 0 Å². The Kier molecular flexibility index (Phi) is 2.03. The average Bonchev–Trinajstić information content (AvgIpc) is 2.84. The molecule has 3 rings (SSSR count). The molecule has 2 atom stereocenters. The summed E-state index contributed by atoms with van der Waals surface area (Å²) in [6.07, 6.45) is 3.78. The predicted octanol–water partition coefficient (Wildman–Crippen LogP) is 1.18. The van der Waals surface area contributed by atoms with Gasteiger partial charge in [-0.3, -0.25) is 0 Å². The molecule has 1 aliphatic heterocycles. The minimum atomic E-state index is 0.0311. The van der Waals surface area contributed by atoms with Gasteiger partial charge in [0.15, 0.2) is 11.5 Å². The lowest BCUT2D eigenvalue weighted by Crippen LogP contribution is -2.02. The van der Waals surface area contributed by atoms with Crippen LogP contribution in [0.1, 0.15) is 31.7 Å². The summed E-state index contributed by atoms with van der Waals surface area (Å²) in [5.74, 6) is 1.22.